The van der Waals surface area contributed by atoms with E-state index < -0.39 is 0 Å². The molecule has 3 atom stereocenters. The van der Waals surface area contributed by atoms with E-state index in [-0.39, 0.29) is 0 Å². The largest absolute Gasteiger partial charge is 0.383 e. The second kappa shape index (κ2) is 5.99. The first kappa shape index (κ1) is 12.3. The van der Waals surface area contributed by atoms with Crippen LogP contribution in [0.4, 0.5) is 0 Å². The molecule has 1 N–H and O–H groups in total. The summed E-state index contributed by atoms with van der Waals surface area (Å²) in [6.07, 6.45) is 6.75. The van der Waals surface area contributed by atoms with Gasteiger partial charge in [0.2, 0.25) is 0 Å². The van der Waals surface area contributed by atoms with E-state index in [1.54, 1.807) is 7.11 Å². The number of nitrogens with one attached hydrogen (secondary N) is 1. The highest BCUT2D eigenvalue weighted by molar-refractivity contribution is 4.90. The fourth-order valence-corrected chi connectivity index (χ4v) is 2.68. The van der Waals surface area contributed by atoms with Crippen molar-refractivity contribution >= 4 is 0 Å². The van der Waals surface area contributed by atoms with Crippen LogP contribution in [-0.2, 0) is 9.47 Å². The average Bonchev–Trinajstić information content (AvgIpc) is 3.00. The summed E-state index contributed by atoms with van der Waals surface area (Å²) in [5.41, 5.74) is 0. The molecule has 2 fully saturated rings. The topological polar surface area (TPSA) is 30.5 Å². The third-order valence-corrected chi connectivity index (χ3v) is 3.82. The van der Waals surface area contributed by atoms with Crippen molar-refractivity contribution in [1.82, 2.24) is 5.32 Å². The molecule has 1 saturated carbocycles. The van der Waals surface area contributed by atoms with Crippen LogP contribution >= 0.6 is 0 Å². The lowest BCUT2D eigenvalue weighted by atomic mass is 10.0. The Labute approximate surface area is 98.9 Å². The second-order valence-electron chi connectivity index (χ2n) is 5.13. The quantitative estimate of drug-likeness (QED) is 0.721. The maximum Gasteiger partial charge on any atom is 0.0728 e. The first-order chi connectivity index (χ1) is 7.85. The number of hydrogen-bond donors (Lipinski definition) is 1. The molecule has 3 heteroatoms. The fourth-order valence-electron chi connectivity index (χ4n) is 2.68. The maximum atomic E-state index is 5.78. The van der Waals surface area contributed by atoms with Crippen molar-refractivity contribution in [1.29, 1.82) is 0 Å². The lowest BCUT2D eigenvalue weighted by molar-refractivity contribution is 0.0626. The summed E-state index contributed by atoms with van der Waals surface area (Å²) in [4.78, 5) is 0. The summed E-state index contributed by atoms with van der Waals surface area (Å²) < 4.78 is 11.1. The highest BCUT2D eigenvalue weighted by atomic mass is 16.5. The Kier molecular flexibility index (Phi) is 4.62. The Morgan fingerprint density at radius 3 is 2.62 bits per heavy atom. The Hall–Kier alpha value is -0.120. The van der Waals surface area contributed by atoms with Crippen LogP contribution in [0.5, 0.6) is 0 Å². The van der Waals surface area contributed by atoms with Gasteiger partial charge in [-0.1, -0.05) is 6.92 Å². The number of rotatable bonds is 7. The molecule has 3 nitrogen and oxygen atoms in total. The van der Waals surface area contributed by atoms with Crippen LogP contribution in [0.15, 0.2) is 0 Å². The predicted octanol–water partition coefficient (Wildman–Crippen LogP) is 1.96. The van der Waals surface area contributed by atoms with Gasteiger partial charge in [0.25, 0.3) is 0 Å². The van der Waals surface area contributed by atoms with Gasteiger partial charge in [-0.25, -0.2) is 0 Å². The van der Waals surface area contributed by atoms with E-state index >= 15 is 0 Å². The molecule has 0 bridgehead atoms. The molecule has 0 spiro atoms. The summed E-state index contributed by atoms with van der Waals surface area (Å²) in [5.74, 6) is 0.843. The van der Waals surface area contributed by atoms with E-state index in [0.717, 1.165) is 25.6 Å². The van der Waals surface area contributed by atoms with Crippen LogP contribution in [-0.4, -0.2) is 38.5 Å². The molecule has 3 unspecified atom stereocenters. The monoisotopic (exact) mass is 227 g/mol. The minimum atomic E-state index is 0.433. The summed E-state index contributed by atoms with van der Waals surface area (Å²) in [6.45, 7) is 4.03. The number of ether oxygens (including phenoxy) is 2. The van der Waals surface area contributed by atoms with E-state index in [4.69, 9.17) is 9.47 Å². The molecule has 0 radical (unpaired) electrons. The summed E-state index contributed by atoms with van der Waals surface area (Å²) >= 11 is 0. The molecule has 0 aromatic heterocycles. The Morgan fingerprint density at radius 1 is 1.31 bits per heavy atom. The van der Waals surface area contributed by atoms with Crippen LogP contribution in [0.25, 0.3) is 0 Å². The van der Waals surface area contributed by atoms with Gasteiger partial charge in [-0.05, 0) is 38.0 Å². The molecule has 0 amide bonds. The van der Waals surface area contributed by atoms with Crippen LogP contribution in [0, 0.1) is 5.92 Å². The lowest BCUT2D eigenvalue weighted by Gasteiger charge is -2.28. The van der Waals surface area contributed by atoms with E-state index in [2.05, 4.69) is 12.2 Å². The van der Waals surface area contributed by atoms with Crippen molar-refractivity contribution in [3.8, 4) is 0 Å². The normalized spacial score (nSPS) is 29.2. The highest BCUT2D eigenvalue weighted by Crippen LogP contribution is 2.33. The van der Waals surface area contributed by atoms with Crippen molar-refractivity contribution in [2.75, 3.05) is 20.3 Å². The molecule has 2 aliphatic rings. The molecule has 1 aliphatic carbocycles. The van der Waals surface area contributed by atoms with Gasteiger partial charge < -0.3 is 14.8 Å². The summed E-state index contributed by atoms with van der Waals surface area (Å²) in [6, 6.07) is 1.06. The van der Waals surface area contributed by atoms with E-state index in [9.17, 15) is 0 Å². The maximum absolute atomic E-state index is 5.78. The van der Waals surface area contributed by atoms with Crippen LogP contribution in [0.1, 0.15) is 39.0 Å². The van der Waals surface area contributed by atoms with Crippen molar-refractivity contribution in [3.63, 3.8) is 0 Å². The van der Waals surface area contributed by atoms with Gasteiger partial charge in [0, 0.05) is 25.8 Å². The first-order valence-electron chi connectivity index (χ1n) is 6.71. The lowest BCUT2D eigenvalue weighted by Crippen LogP contribution is -2.47. The summed E-state index contributed by atoms with van der Waals surface area (Å²) in [5, 5.41) is 3.76. The van der Waals surface area contributed by atoms with E-state index in [0.29, 0.717) is 18.2 Å². The Morgan fingerprint density at radius 2 is 2.12 bits per heavy atom. The average molecular weight is 227 g/mol. The van der Waals surface area contributed by atoms with Crippen molar-refractivity contribution < 1.29 is 9.47 Å². The van der Waals surface area contributed by atoms with Gasteiger partial charge in [0.05, 0.1) is 12.7 Å². The Balaban J connectivity index is 1.82. The minimum absolute atomic E-state index is 0.433. The SMILES string of the molecule is CCC(NC(COC)C1CC1)C1CCCO1. The van der Waals surface area contributed by atoms with Gasteiger partial charge in [-0.3, -0.25) is 0 Å². The molecule has 2 rings (SSSR count). The molecule has 0 aromatic carbocycles. The van der Waals surface area contributed by atoms with Gasteiger partial charge >= 0.3 is 0 Å². The molecule has 1 saturated heterocycles. The van der Waals surface area contributed by atoms with Gasteiger partial charge in [-0.2, -0.15) is 0 Å². The minimum Gasteiger partial charge on any atom is -0.383 e. The standard InChI is InChI=1S/C13H25NO2/c1-3-11(13-5-4-8-16-13)14-12(9-15-2)10-6-7-10/h10-14H,3-9H2,1-2H3. The van der Waals surface area contributed by atoms with Crippen LogP contribution in [0.2, 0.25) is 0 Å². The first-order valence-corrected chi connectivity index (χ1v) is 6.71. The molecule has 1 heterocycles. The van der Waals surface area contributed by atoms with E-state index in [1.165, 1.54) is 25.7 Å². The Bertz CT molecular complexity index is 200. The van der Waals surface area contributed by atoms with Crippen molar-refractivity contribution in [2.24, 2.45) is 5.92 Å². The summed E-state index contributed by atoms with van der Waals surface area (Å²) in [7, 11) is 1.80. The highest BCUT2D eigenvalue weighted by Gasteiger charge is 2.34. The van der Waals surface area contributed by atoms with Crippen LogP contribution in [0.3, 0.4) is 0 Å². The smallest absolute Gasteiger partial charge is 0.0728 e. The molecule has 16 heavy (non-hydrogen) atoms. The van der Waals surface area contributed by atoms with Crippen LogP contribution < -0.4 is 5.32 Å². The number of hydrogen-bond acceptors (Lipinski definition) is 3. The third-order valence-electron chi connectivity index (χ3n) is 3.82. The zero-order chi connectivity index (χ0) is 11.4. The predicted molar refractivity (Wildman–Crippen MR) is 64.6 cm³/mol. The van der Waals surface area contributed by atoms with Gasteiger partial charge in [0.1, 0.15) is 0 Å². The number of methoxy groups -OCH3 is 1. The van der Waals surface area contributed by atoms with Gasteiger partial charge in [0.15, 0.2) is 0 Å². The zero-order valence-corrected chi connectivity index (χ0v) is 10.6. The van der Waals surface area contributed by atoms with Crippen molar-refractivity contribution in [3.05, 3.63) is 0 Å². The molecular weight excluding hydrogens is 202 g/mol. The molecule has 1 aliphatic heterocycles. The fraction of sp³-hybridized carbons (Fsp3) is 1.00. The second-order valence-corrected chi connectivity index (χ2v) is 5.13. The zero-order valence-electron chi connectivity index (χ0n) is 10.6. The van der Waals surface area contributed by atoms with Crippen molar-refractivity contribution in [2.45, 2.75) is 57.2 Å². The molecular formula is C13H25NO2. The molecule has 94 valence electrons. The van der Waals surface area contributed by atoms with Gasteiger partial charge in [-0.15, -0.1) is 0 Å². The van der Waals surface area contributed by atoms with E-state index in [1.807, 2.05) is 0 Å². The molecule has 0 aromatic rings. The third kappa shape index (κ3) is 3.19.